The van der Waals surface area contributed by atoms with E-state index in [1.807, 2.05) is 13.8 Å². The van der Waals surface area contributed by atoms with Gasteiger partial charge in [-0.3, -0.25) is 10.1 Å². The Hall–Kier alpha value is -0.923. The Kier molecular flexibility index (Phi) is 8.32. The summed E-state index contributed by atoms with van der Waals surface area (Å²) in [5.41, 5.74) is 5.58. The number of nitrogens with two attached hydrogens (primary N) is 1. The van der Waals surface area contributed by atoms with Gasteiger partial charge in [-0.25, -0.2) is 4.79 Å². The summed E-state index contributed by atoms with van der Waals surface area (Å²) in [7, 11) is -2.24. The Morgan fingerprint density at radius 3 is 1.92 bits per heavy atom. The van der Waals surface area contributed by atoms with Gasteiger partial charge in [-0.15, -0.1) is 0 Å². The summed E-state index contributed by atoms with van der Waals surface area (Å²) in [4.78, 5) is 24.6. The first-order chi connectivity index (χ1) is 11.0. The van der Waals surface area contributed by atoms with Gasteiger partial charge in [0.2, 0.25) is 0 Å². The fraction of sp³-hybridized carbons (Fsp3) is 0.889. The predicted octanol–water partition coefficient (Wildman–Crippen LogP) is 3.80. The van der Waals surface area contributed by atoms with Crippen LogP contribution in [0, 0.1) is 5.92 Å². The largest absolute Gasteiger partial charge is 0.444 e. The highest BCUT2D eigenvalue weighted by molar-refractivity contribution is 6.74. The minimum Gasteiger partial charge on any atom is -0.444 e. The van der Waals surface area contributed by atoms with Gasteiger partial charge in [0.25, 0.3) is 5.91 Å². The molecule has 0 saturated carbocycles. The number of rotatable bonds is 6. The topological polar surface area (TPSA) is 90.6 Å². The van der Waals surface area contributed by atoms with Gasteiger partial charge in [-0.1, -0.05) is 34.6 Å². The zero-order chi connectivity index (χ0) is 20.2. The maximum atomic E-state index is 12.7. The van der Waals surface area contributed by atoms with Crippen molar-refractivity contribution >= 4 is 20.3 Å². The highest BCUT2D eigenvalue weighted by atomic mass is 28.4. The lowest BCUT2D eigenvalue weighted by atomic mass is 10.00. The lowest BCUT2D eigenvalue weighted by Crippen LogP contribution is -2.56. The molecule has 0 aliphatic rings. The lowest BCUT2D eigenvalue weighted by molar-refractivity contribution is -0.129. The van der Waals surface area contributed by atoms with Crippen molar-refractivity contribution in [3.63, 3.8) is 0 Å². The molecular weight excluding hydrogens is 336 g/mol. The molecule has 0 rings (SSSR count). The van der Waals surface area contributed by atoms with Crippen molar-refractivity contribution in [2.45, 2.75) is 97.7 Å². The molecule has 3 N–H and O–H groups in total. The summed E-state index contributed by atoms with van der Waals surface area (Å²) in [5.74, 6) is -0.220. The van der Waals surface area contributed by atoms with Crippen LogP contribution < -0.4 is 11.1 Å². The Bertz CT molecular complexity index is 465. The molecule has 148 valence electrons. The zero-order valence-electron chi connectivity index (χ0n) is 17.6. The summed E-state index contributed by atoms with van der Waals surface area (Å²) in [6.45, 7) is 19.7. The number of carbonyl (C=O) groups is 2. The van der Waals surface area contributed by atoms with Crippen LogP contribution in [0.1, 0.15) is 61.8 Å². The highest BCUT2D eigenvalue weighted by Gasteiger charge is 2.42. The molecule has 0 bridgehead atoms. The SMILES string of the molecule is CC(C)C[C@@H](N)[C@H](O[Si](C)(C)C(C)(C)C)C(=O)NC(=O)OC(C)(C)C. The Morgan fingerprint density at radius 1 is 1.08 bits per heavy atom. The quantitative estimate of drug-likeness (QED) is 0.690. The Balaban J connectivity index is 5.32. The van der Waals surface area contributed by atoms with Crippen LogP contribution in [0.2, 0.25) is 18.1 Å². The second-order valence-electron chi connectivity index (χ2n) is 9.58. The predicted molar refractivity (Wildman–Crippen MR) is 104 cm³/mol. The van der Waals surface area contributed by atoms with Crippen LogP contribution in [0.3, 0.4) is 0 Å². The molecule has 0 aromatic carbocycles. The average Bonchev–Trinajstić information content (AvgIpc) is 2.30. The molecule has 0 fully saturated rings. The summed E-state index contributed by atoms with van der Waals surface area (Å²) < 4.78 is 11.4. The molecule has 0 saturated heterocycles. The van der Waals surface area contributed by atoms with Crippen LogP contribution >= 0.6 is 0 Å². The third-order valence-corrected chi connectivity index (χ3v) is 8.70. The van der Waals surface area contributed by atoms with Gasteiger partial charge >= 0.3 is 6.09 Å². The summed E-state index contributed by atoms with van der Waals surface area (Å²) in [5, 5.41) is 2.21. The van der Waals surface area contributed by atoms with Crippen molar-refractivity contribution in [1.82, 2.24) is 5.32 Å². The van der Waals surface area contributed by atoms with E-state index in [2.05, 4.69) is 39.2 Å². The van der Waals surface area contributed by atoms with E-state index >= 15 is 0 Å². The van der Waals surface area contributed by atoms with Crippen molar-refractivity contribution in [1.29, 1.82) is 0 Å². The average molecular weight is 375 g/mol. The van der Waals surface area contributed by atoms with Crippen LogP contribution in [0.15, 0.2) is 0 Å². The maximum Gasteiger partial charge on any atom is 0.414 e. The summed E-state index contributed by atoms with van der Waals surface area (Å²) >= 11 is 0. The molecule has 0 spiro atoms. The number of imide groups is 1. The van der Waals surface area contributed by atoms with Gasteiger partial charge in [0, 0.05) is 6.04 Å². The van der Waals surface area contributed by atoms with Crippen LogP contribution in [0.5, 0.6) is 0 Å². The Labute approximate surface area is 154 Å². The molecule has 0 aliphatic carbocycles. The van der Waals surface area contributed by atoms with Gasteiger partial charge in [0.1, 0.15) is 11.7 Å². The van der Waals surface area contributed by atoms with Crippen molar-refractivity contribution in [2.24, 2.45) is 11.7 Å². The number of hydrogen-bond acceptors (Lipinski definition) is 5. The third kappa shape index (κ3) is 8.83. The van der Waals surface area contributed by atoms with E-state index in [1.54, 1.807) is 20.8 Å². The summed E-state index contributed by atoms with van der Waals surface area (Å²) in [6, 6.07) is -0.489. The van der Waals surface area contributed by atoms with Gasteiger partial charge in [-0.2, -0.15) is 0 Å². The first-order valence-electron chi connectivity index (χ1n) is 8.93. The van der Waals surface area contributed by atoms with E-state index in [0.717, 1.165) is 0 Å². The molecule has 2 amide bonds. The number of carbonyl (C=O) groups excluding carboxylic acids is 2. The van der Waals surface area contributed by atoms with E-state index in [0.29, 0.717) is 12.3 Å². The third-order valence-electron chi connectivity index (χ3n) is 4.24. The van der Waals surface area contributed by atoms with Crippen molar-refractivity contribution < 1.29 is 18.8 Å². The number of ether oxygens (including phenoxy) is 1. The van der Waals surface area contributed by atoms with Crippen LogP contribution in [0.25, 0.3) is 0 Å². The second kappa shape index (κ2) is 8.64. The van der Waals surface area contributed by atoms with E-state index in [4.69, 9.17) is 14.9 Å². The number of nitrogens with one attached hydrogen (secondary N) is 1. The smallest absolute Gasteiger partial charge is 0.414 e. The molecule has 25 heavy (non-hydrogen) atoms. The fourth-order valence-corrected chi connectivity index (χ4v) is 3.24. The maximum absolute atomic E-state index is 12.7. The van der Waals surface area contributed by atoms with Gasteiger partial charge in [0.15, 0.2) is 8.32 Å². The fourth-order valence-electron chi connectivity index (χ4n) is 1.97. The van der Waals surface area contributed by atoms with Crippen molar-refractivity contribution in [3.8, 4) is 0 Å². The van der Waals surface area contributed by atoms with Gasteiger partial charge < -0.3 is 14.9 Å². The van der Waals surface area contributed by atoms with Gasteiger partial charge in [-0.05, 0) is 51.2 Å². The lowest BCUT2D eigenvalue weighted by Gasteiger charge is -2.40. The molecule has 6 nitrogen and oxygen atoms in total. The molecule has 0 aromatic rings. The van der Waals surface area contributed by atoms with E-state index in [-0.39, 0.29) is 5.04 Å². The Morgan fingerprint density at radius 2 is 1.56 bits per heavy atom. The van der Waals surface area contributed by atoms with E-state index < -0.39 is 38.1 Å². The van der Waals surface area contributed by atoms with Crippen LogP contribution in [-0.2, 0) is 14.0 Å². The second-order valence-corrected chi connectivity index (χ2v) is 14.3. The minimum atomic E-state index is -2.24. The molecule has 0 aliphatic heterocycles. The molecule has 0 unspecified atom stereocenters. The monoisotopic (exact) mass is 374 g/mol. The number of amides is 2. The molecule has 2 atom stereocenters. The van der Waals surface area contributed by atoms with Crippen molar-refractivity contribution in [3.05, 3.63) is 0 Å². The first-order valence-corrected chi connectivity index (χ1v) is 11.8. The van der Waals surface area contributed by atoms with Crippen LogP contribution in [-0.4, -0.2) is 38.1 Å². The molecular formula is C18H38N2O4Si. The summed E-state index contributed by atoms with van der Waals surface area (Å²) in [6.07, 6.45) is -1.03. The normalized spacial score (nSPS) is 15.7. The molecule has 7 heteroatoms. The van der Waals surface area contributed by atoms with E-state index in [1.165, 1.54) is 0 Å². The van der Waals surface area contributed by atoms with Gasteiger partial charge in [0.05, 0.1) is 0 Å². The van der Waals surface area contributed by atoms with Crippen LogP contribution in [0.4, 0.5) is 4.79 Å². The van der Waals surface area contributed by atoms with Crippen molar-refractivity contribution in [2.75, 3.05) is 0 Å². The standard InChI is InChI=1S/C18H38N2O4Si/c1-12(2)11-13(19)14(24-25(9,10)18(6,7)8)15(21)20-16(22)23-17(3,4)5/h12-14H,11,19H2,1-10H3,(H,20,21,22)/t13-,14+/m1/s1. The highest BCUT2D eigenvalue weighted by Crippen LogP contribution is 2.37. The van der Waals surface area contributed by atoms with E-state index in [9.17, 15) is 9.59 Å². The zero-order valence-corrected chi connectivity index (χ0v) is 18.6. The molecule has 0 aromatic heterocycles. The minimum absolute atomic E-state index is 0.0744. The molecule has 0 radical (unpaired) electrons. The molecule has 0 heterocycles. The number of alkyl carbamates (subject to hydrolysis) is 1. The number of hydrogen-bond donors (Lipinski definition) is 2. The first kappa shape index (κ1) is 24.1.